The normalized spacial score (nSPS) is 17.9. The van der Waals surface area contributed by atoms with Crippen LogP contribution >= 0.6 is 0 Å². The van der Waals surface area contributed by atoms with Crippen LogP contribution in [0.5, 0.6) is 0 Å². The van der Waals surface area contributed by atoms with Crippen molar-refractivity contribution in [1.82, 2.24) is 9.47 Å². The van der Waals surface area contributed by atoms with E-state index in [0.717, 1.165) is 36.4 Å². The Bertz CT molecular complexity index is 1000. The lowest BCUT2D eigenvalue weighted by atomic mass is 9.99. The Kier molecular flexibility index (Phi) is 5.60. The van der Waals surface area contributed by atoms with E-state index >= 15 is 0 Å². The summed E-state index contributed by atoms with van der Waals surface area (Å²) in [5, 5.41) is 0. The van der Waals surface area contributed by atoms with Crippen LogP contribution < -0.4 is 0 Å². The van der Waals surface area contributed by atoms with Crippen LogP contribution in [0.2, 0.25) is 0 Å². The summed E-state index contributed by atoms with van der Waals surface area (Å²) in [6.45, 7) is 1.25. The van der Waals surface area contributed by atoms with Gasteiger partial charge in [-0.05, 0) is 47.9 Å². The molecule has 3 aromatic rings. The molecule has 0 amide bonds. The molecule has 0 fully saturated rings. The SMILES string of the molecule is FC(F)(F)c1cc(CN2CCCn3cccc3C2c2ccccc2)cc(C(F)(F)F)c1. The molecule has 1 atom stereocenters. The molecule has 1 aliphatic heterocycles. The summed E-state index contributed by atoms with van der Waals surface area (Å²) in [5.74, 6) is 0. The fraction of sp³-hybridized carbons (Fsp3) is 0.304. The number of alkyl halides is 6. The Morgan fingerprint density at radius 2 is 1.42 bits per heavy atom. The van der Waals surface area contributed by atoms with Gasteiger partial charge in [0, 0.05) is 31.5 Å². The van der Waals surface area contributed by atoms with Gasteiger partial charge in [-0.1, -0.05) is 30.3 Å². The molecule has 4 rings (SSSR count). The highest BCUT2D eigenvalue weighted by Gasteiger charge is 2.37. The Morgan fingerprint density at radius 3 is 2.03 bits per heavy atom. The maximum atomic E-state index is 13.3. The number of benzene rings is 2. The molecule has 1 aromatic heterocycles. The summed E-state index contributed by atoms with van der Waals surface area (Å²) in [4.78, 5) is 1.95. The minimum Gasteiger partial charge on any atom is -0.350 e. The van der Waals surface area contributed by atoms with Crippen molar-refractivity contribution in [3.63, 3.8) is 0 Å². The number of hydrogen-bond donors (Lipinski definition) is 0. The minimum atomic E-state index is -4.86. The summed E-state index contributed by atoms with van der Waals surface area (Å²) in [5.41, 5.74) is -0.680. The van der Waals surface area contributed by atoms with Crippen molar-refractivity contribution in [3.8, 4) is 0 Å². The number of fused-ring (bicyclic) bond motifs is 1. The zero-order valence-electron chi connectivity index (χ0n) is 16.4. The van der Waals surface area contributed by atoms with E-state index in [1.165, 1.54) is 0 Å². The maximum Gasteiger partial charge on any atom is 0.416 e. The second-order valence-corrected chi connectivity index (χ2v) is 7.68. The quantitative estimate of drug-likeness (QED) is 0.423. The van der Waals surface area contributed by atoms with E-state index in [9.17, 15) is 26.3 Å². The first-order valence-corrected chi connectivity index (χ1v) is 9.85. The second kappa shape index (κ2) is 8.07. The van der Waals surface area contributed by atoms with Gasteiger partial charge < -0.3 is 4.57 Å². The summed E-state index contributed by atoms with van der Waals surface area (Å²) in [6.07, 6.45) is -7.04. The molecule has 0 aliphatic carbocycles. The molecule has 8 heteroatoms. The molecule has 0 radical (unpaired) electrons. The summed E-state index contributed by atoms with van der Waals surface area (Å²) in [7, 11) is 0. The third-order valence-electron chi connectivity index (χ3n) is 5.50. The van der Waals surface area contributed by atoms with Crippen LogP contribution in [0.1, 0.15) is 40.4 Å². The van der Waals surface area contributed by atoms with Crippen molar-refractivity contribution >= 4 is 0 Å². The second-order valence-electron chi connectivity index (χ2n) is 7.68. The van der Waals surface area contributed by atoms with Gasteiger partial charge in [0.2, 0.25) is 0 Å². The van der Waals surface area contributed by atoms with Crippen molar-refractivity contribution in [2.24, 2.45) is 0 Å². The average Bonchev–Trinajstić information content (AvgIpc) is 3.08. The molecule has 31 heavy (non-hydrogen) atoms. The van der Waals surface area contributed by atoms with E-state index in [2.05, 4.69) is 4.57 Å². The van der Waals surface area contributed by atoms with E-state index < -0.39 is 23.5 Å². The Balaban J connectivity index is 1.77. The monoisotopic (exact) mass is 438 g/mol. The lowest BCUT2D eigenvalue weighted by Gasteiger charge is -2.31. The highest BCUT2D eigenvalue weighted by Crippen LogP contribution is 2.38. The first-order chi connectivity index (χ1) is 14.6. The number of aryl methyl sites for hydroxylation is 1. The zero-order chi connectivity index (χ0) is 22.2. The first-order valence-electron chi connectivity index (χ1n) is 9.85. The first kappa shape index (κ1) is 21.5. The Labute approximate surface area is 175 Å². The predicted molar refractivity (Wildman–Crippen MR) is 104 cm³/mol. The number of halogens is 6. The molecule has 0 saturated carbocycles. The Hall–Kier alpha value is -2.74. The fourth-order valence-corrected chi connectivity index (χ4v) is 4.17. The van der Waals surface area contributed by atoms with Crippen molar-refractivity contribution in [2.45, 2.75) is 37.9 Å². The molecule has 2 nitrogen and oxygen atoms in total. The van der Waals surface area contributed by atoms with Crippen molar-refractivity contribution in [1.29, 1.82) is 0 Å². The van der Waals surface area contributed by atoms with Gasteiger partial charge in [-0.15, -0.1) is 0 Å². The van der Waals surface area contributed by atoms with Crippen LogP contribution in [0.25, 0.3) is 0 Å². The molecule has 0 N–H and O–H groups in total. The van der Waals surface area contributed by atoms with Crippen LogP contribution in [0.3, 0.4) is 0 Å². The predicted octanol–water partition coefficient (Wildman–Crippen LogP) is 6.52. The van der Waals surface area contributed by atoms with Gasteiger partial charge in [-0.2, -0.15) is 26.3 Å². The average molecular weight is 438 g/mol. The Morgan fingerprint density at radius 1 is 0.774 bits per heavy atom. The number of hydrogen-bond acceptors (Lipinski definition) is 1. The fourth-order valence-electron chi connectivity index (χ4n) is 4.17. The highest BCUT2D eigenvalue weighted by atomic mass is 19.4. The highest BCUT2D eigenvalue weighted by molar-refractivity contribution is 5.35. The standard InChI is InChI=1S/C23H20F6N2/c24-22(25,26)18-12-16(13-19(14-18)23(27,28)29)15-31-11-5-10-30-9-4-8-20(30)21(31)17-6-2-1-3-7-17/h1-4,6-9,12-14,21H,5,10-11,15H2. The lowest BCUT2D eigenvalue weighted by Crippen LogP contribution is -2.29. The van der Waals surface area contributed by atoms with Gasteiger partial charge in [0.15, 0.2) is 0 Å². The summed E-state index contributed by atoms with van der Waals surface area (Å²) < 4.78 is 81.8. The summed E-state index contributed by atoms with van der Waals surface area (Å²) in [6, 6.07) is 14.9. The van der Waals surface area contributed by atoms with E-state index in [1.807, 2.05) is 53.6 Å². The van der Waals surface area contributed by atoms with Gasteiger partial charge in [0.25, 0.3) is 0 Å². The zero-order valence-corrected chi connectivity index (χ0v) is 16.4. The molecule has 2 aromatic carbocycles. The summed E-state index contributed by atoms with van der Waals surface area (Å²) >= 11 is 0. The number of aromatic nitrogens is 1. The maximum absolute atomic E-state index is 13.3. The number of rotatable bonds is 3. The van der Waals surface area contributed by atoms with Crippen molar-refractivity contribution in [3.05, 3.63) is 94.8 Å². The van der Waals surface area contributed by atoms with Gasteiger partial charge in [0.05, 0.1) is 17.2 Å². The molecule has 1 unspecified atom stereocenters. The topological polar surface area (TPSA) is 8.17 Å². The molecule has 0 saturated heterocycles. The smallest absolute Gasteiger partial charge is 0.350 e. The van der Waals surface area contributed by atoms with Gasteiger partial charge in [0.1, 0.15) is 0 Å². The largest absolute Gasteiger partial charge is 0.416 e. The van der Waals surface area contributed by atoms with Crippen LogP contribution in [-0.2, 0) is 25.4 Å². The van der Waals surface area contributed by atoms with Gasteiger partial charge >= 0.3 is 12.4 Å². The van der Waals surface area contributed by atoms with Gasteiger partial charge in [-0.3, -0.25) is 4.90 Å². The van der Waals surface area contributed by atoms with E-state index in [4.69, 9.17) is 0 Å². The third kappa shape index (κ3) is 4.63. The third-order valence-corrected chi connectivity index (χ3v) is 5.50. The minimum absolute atomic E-state index is 0.0110. The molecule has 164 valence electrons. The van der Waals surface area contributed by atoms with Crippen LogP contribution in [0.15, 0.2) is 66.9 Å². The molecular formula is C23H20F6N2. The van der Waals surface area contributed by atoms with E-state index in [-0.39, 0.29) is 24.2 Å². The van der Waals surface area contributed by atoms with E-state index in [0.29, 0.717) is 6.54 Å². The molecular weight excluding hydrogens is 418 g/mol. The lowest BCUT2D eigenvalue weighted by molar-refractivity contribution is -0.143. The van der Waals surface area contributed by atoms with Crippen molar-refractivity contribution < 1.29 is 26.3 Å². The number of nitrogens with zero attached hydrogens (tertiary/aromatic N) is 2. The molecule has 0 bridgehead atoms. The van der Waals surface area contributed by atoms with Crippen LogP contribution in [0, 0.1) is 0 Å². The van der Waals surface area contributed by atoms with E-state index in [1.54, 1.807) is 0 Å². The molecule has 0 spiro atoms. The van der Waals surface area contributed by atoms with Crippen LogP contribution in [0.4, 0.5) is 26.3 Å². The van der Waals surface area contributed by atoms with Gasteiger partial charge in [-0.25, -0.2) is 0 Å². The molecule has 2 heterocycles. The molecule has 1 aliphatic rings. The van der Waals surface area contributed by atoms with Crippen molar-refractivity contribution in [2.75, 3.05) is 6.54 Å². The van der Waals surface area contributed by atoms with Crippen LogP contribution in [-0.4, -0.2) is 16.0 Å².